The van der Waals surface area contributed by atoms with Crippen LogP contribution in [-0.2, 0) is 0 Å². The predicted molar refractivity (Wildman–Crippen MR) is 114 cm³/mol. The van der Waals surface area contributed by atoms with E-state index in [9.17, 15) is 14.4 Å². The van der Waals surface area contributed by atoms with Gasteiger partial charge in [-0.1, -0.05) is 24.1 Å². The topological polar surface area (TPSA) is 100 Å². The number of nitrogens with one attached hydrogen (secondary N) is 3. The number of hydrogen-bond acceptors (Lipinski definition) is 4. The largest absolute Gasteiger partial charge is 0.341 e. The van der Waals surface area contributed by atoms with E-state index in [1.54, 1.807) is 66.9 Å². The Morgan fingerprint density at radius 2 is 1.63 bits per heavy atom. The molecule has 1 heterocycles. The van der Waals surface area contributed by atoms with Gasteiger partial charge in [0.25, 0.3) is 17.7 Å². The Bertz CT molecular complexity index is 1120. The number of anilines is 2. The number of hydrogen-bond donors (Lipinski definition) is 3. The number of aromatic nitrogens is 1. The van der Waals surface area contributed by atoms with E-state index in [4.69, 9.17) is 6.42 Å². The average Bonchev–Trinajstić information content (AvgIpc) is 2.78. The summed E-state index contributed by atoms with van der Waals surface area (Å²) < 4.78 is 0. The Labute approximate surface area is 173 Å². The molecular weight excluding hydrogens is 380 g/mol. The first-order chi connectivity index (χ1) is 14.6. The van der Waals surface area contributed by atoms with E-state index in [0.29, 0.717) is 28.1 Å². The van der Waals surface area contributed by atoms with E-state index in [1.807, 2.05) is 0 Å². The van der Waals surface area contributed by atoms with Gasteiger partial charge in [0, 0.05) is 23.6 Å². The van der Waals surface area contributed by atoms with Crippen molar-refractivity contribution in [1.29, 1.82) is 0 Å². The molecule has 0 saturated carbocycles. The third kappa shape index (κ3) is 5.09. The number of amides is 3. The van der Waals surface area contributed by atoms with Gasteiger partial charge >= 0.3 is 0 Å². The number of nitrogens with zero attached hydrogens (tertiary/aromatic N) is 1. The SMILES string of the molecule is C#CCNC(=O)c1ccccc1NC(=O)c1cccc(NC(=O)c2cccnc2)c1. The molecule has 7 heteroatoms. The number of pyridine rings is 1. The Hall–Kier alpha value is -4.44. The molecule has 0 aliphatic rings. The van der Waals surface area contributed by atoms with Gasteiger partial charge in [-0.05, 0) is 42.5 Å². The fourth-order valence-electron chi connectivity index (χ4n) is 2.65. The fourth-order valence-corrected chi connectivity index (χ4v) is 2.65. The highest BCUT2D eigenvalue weighted by Crippen LogP contribution is 2.18. The number of benzene rings is 2. The summed E-state index contributed by atoms with van der Waals surface area (Å²) in [6, 6.07) is 16.4. The number of carbonyl (C=O) groups is 3. The van der Waals surface area contributed by atoms with E-state index in [0.717, 1.165) is 0 Å². The Morgan fingerprint density at radius 3 is 2.40 bits per heavy atom. The molecule has 30 heavy (non-hydrogen) atoms. The maximum Gasteiger partial charge on any atom is 0.257 e. The lowest BCUT2D eigenvalue weighted by Gasteiger charge is -2.11. The smallest absolute Gasteiger partial charge is 0.257 e. The molecule has 1 aromatic heterocycles. The molecule has 2 aromatic carbocycles. The molecule has 0 fully saturated rings. The van der Waals surface area contributed by atoms with Gasteiger partial charge in [0.1, 0.15) is 0 Å². The first kappa shape index (κ1) is 20.3. The van der Waals surface area contributed by atoms with Crippen molar-refractivity contribution in [2.45, 2.75) is 0 Å². The summed E-state index contributed by atoms with van der Waals surface area (Å²) in [4.78, 5) is 41.1. The van der Waals surface area contributed by atoms with Crippen LogP contribution in [0.1, 0.15) is 31.1 Å². The minimum absolute atomic E-state index is 0.0831. The van der Waals surface area contributed by atoms with Crippen LogP contribution >= 0.6 is 0 Å². The molecule has 7 nitrogen and oxygen atoms in total. The van der Waals surface area contributed by atoms with Gasteiger partial charge in [-0.25, -0.2) is 0 Å². The van der Waals surface area contributed by atoms with Crippen molar-refractivity contribution >= 4 is 29.1 Å². The molecular formula is C23H18N4O3. The van der Waals surface area contributed by atoms with Crippen LogP contribution in [-0.4, -0.2) is 29.3 Å². The van der Waals surface area contributed by atoms with Crippen LogP contribution in [0.3, 0.4) is 0 Å². The first-order valence-corrected chi connectivity index (χ1v) is 9.02. The summed E-state index contributed by atoms with van der Waals surface area (Å²) >= 11 is 0. The molecule has 0 bridgehead atoms. The van der Waals surface area contributed by atoms with E-state index < -0.39 is 5.91 Å². The Morgan fingerprint density at radius 1 is 0.867 bits per heavy atom. The van der Waals surface area contributed by atoms with Crippen molar-refractivity contribution in [1.82, 2.24) is 10.3 Å². The molecule has 3 rings (SSSR count). The molecule has 3 aromatic rings. The van der Waals surface area contributed by atoms with E-state index >= 15 is 0 Å². The first-order valence-electron chi connectivity index (χ1n) is 9.02. The van der Waals surface area contributed by atoms with Crippen molar-refractivity contribution in [3.63, 3.8) is 0 Å². The number of rotatable bonds is 6. The molecule has 0 radical (unpaired) electrons. The Balaban J connectivity index is 1.74. The second-order valence-corrected chi connectivity index (χ2v) is 6.16. The van der Waals surface area contributed by atoms with E-state index in [2.05, 4.69) is 26.9 Å². The lowest BCUT2D eigenvalue weighted by atomic mass is 10.1. The summed E-state index contributed by atoms with van der Waals surface area (Å²) in [7, 11) is 0. The number of para-hydroxylation sites is 1. The van der Waals surface area contributed by atoms with Gasteiger partial charge in [-0.15, -0.1) is 6.42 Å². The van der Waals surface area contributed by atoms with Crippen LogP contribution in [0.2, 0.25) is 0 Å². The molecule has 3 N–H and O–H groups in total. The van der Waals surface area contributed by atoms with Crippen molar-refractivity contribution in [2.75, 3.05) is 17.2 Å². The zero-order valence-electron chi connectivity index (χ0n) is 15.9. The normalized spacial score (nSPS) is 9.83. The van der Waals surface area contributed by atoms with Crippen LogP contribution in [0.5, 0.6) is 0 Å². The van der Waals surface area contributed by atoms with Crippen molar-refractivity contribution in [2.24, 2.45) is 0 Å². The molecule has 3 amide bonds. The molecule has 0 aliphatic heterocycles. The van der Waals surface area contributed by atoms with Gasteiger partial charge in [0.2, 0.25) is 0 Å². The summed E-state index contributed by atoms with van der Waals surface area (Å²) in [6.45, 7) is 0.0831. The fraction of sp³-hybridized carbons (Fsp3) is 0.0435. The lowest BCUT2D eigenvalue weighted by Crippen LogP contribution is -2.25. The summed E-state index contributed by atoms with van der Waals surface area (Å²) in [5, 5.41) is 8.02. The summed E-state index contributed by atoms with van der Waals surface area (Å²) in [5.41, 5.74) is 1.82. The lowest BCUT2D eigenvalue weighted by molar-refractivity contribution is 0.0958. The molecule has 0 spiro atoms. The minimum atomic E-state index is -0.426. The summed E-state index contributed by atoms with van der Waals surface area (Å²) in [5.74, 6) is 1.18. The van der Waals surface area contributed by atoms with Crippen LogP contribution < -0.4 is 16.0 Å². The average molecular weight is 398 g/mol. The van der Waals surface area contributed by atoms with E-state index in [1.165, 1.54) is 6.20 Å². The van der Waals surface area contributed by atoms with E-state index in [-0.39, 0.29) is 18.4 Å². The quantitative estimate of drug-likeness (QED) is 0.556. The second-order valence-electron chi connectivity index (χ2n) is 6.16. The van der Waals surface area contributed by atoms with Crippen LogP contribution in [0.15, 0.2) is 73.1 Å². The maximum absolute atomic E-state index is 12.7. The molecule has 148 valence electrons. The monoisotopic (exact) mass is 398 g/mol. The van der Waals surface area contributed by atoms with Crippen LogP contribution in [0.4, 0.5) is 11.4 Å². The van der Waals surface area contributed by atoms with Gasteiger partial charge in [-0.2, -0.15) is 0 Å². The number of carbonyl (C=O) groups excluding carboxylic acids is 3. The zero-order chi connectivity index (χ0) is 21.3. The van der Waals surface area contributed by atoms with Gasteiger partial charge < -0.3 is 16.0 Å². The van der Waals surface area contributed by atoms with Crippen molar-refractivity contribution in [3.05, 3.63) is 89.7 Å². The standard InChI is InChI=1S/C23H18N4O3/c1-2-12-25-23(30)19-10-3-4-11-20(19)27-21(28)16-7-5-9-18(14-16)26-22(29)17-8-6-13-24-15-17/h1,3-11,13-15H,12H2,(H,25,30)(H,26,29)(H,27,28). The highest BCUT2D eigenvalue weighted by Gasteiger charge is 2.14. The number of terminal acetylenes is 1. The highest BCUT2D eigenvalue weighted by molar-refractivity contribution is 6.10. The molecule has 0 saturated heterocycles. The van der Waals surface area contributed by atoms with Gasteiger partial charge in [0.15, 0.2) is 0 Å². The molecule has 0 aliphatic carbocycles. The maximum atomic E-state index is 12.7. The third-order valence-electron chi connectivity index (χ3n) is 4.08. The molecule has 0 atom stereocenters. The predicted octanol–water partition coefficient (Wildman–Crippen LogP) is 2.95. The van der Waals surface area contributed by atoms with Gasteiger partial charge in [0.05, 0.1) is 23.4 Å². The van der Waals surface area contributed by atoms with Crippen molar-refractivity contribution in [3.8, 4) is 12.3 Å². The minimum Gasteiger partial charge on any atom is -0.341 e. The van der Waals surface area contributed by atoms with Crippen LogP contribution in [0.25, 0.3) is 0 Å². The van der Waals surface area contributed by atoms with Gasteiger partial charge in [-0.3, -0.25) is 19.4 Å². The van der Waals surface area contributed by atoms with Crippen LogP contribution in [0, 0.1) is 12.3 Å². The molecule has 0 unspecified atom stereocenters. The van der Waals surface area contributed by atoms with Crippen molar-refractivity contribution < 1.29 is 14.4 Å². The third-order valence-corrected chi connectivity index (χ3v) is 4.08. The second kappa shape index (κ2) is 9.66. The zero-order valence-corrected chi connectivity index (χ0v) is 15.9. The highest BCUT2D eigenvalue weighted by atomic mass is 16.2. The Kier molecular flexibility index (Phi) is 6.54. The summed E-state index contributed by atoms with van der Waals surface area (Å²) in [6.07, 6.45) is 8.20.